The lowest BCUT2D eigenvalue weighted by molar-refractivity contribution is 0.0782. The molecule has 16 heavy (non-hydrogen) atoms. The summed E-state index contributed by atoms with van der Waals surface area (Å²) in [7, 11) is 0. The Hall–Kier alpha value is -1.28. The molecule has 0 aliphatic heterocycles. The van der Waals surface area contributed by atoms with Crippen molar-refractivity contribution in [2.45, 2.75) is 12.8 Å². The molecule has 0 N–H and O–H groups in total. The Kier molecular flexibility index (Phi) is 5.06. The van der Waals surface area contributed by atoms with Crippen molar-refractivity contribution in [3.63, 3.8) is 0 Å². The van der Waals surface area contributed by atoms with Gasteiger partial charge in [-0.15, -0.1) is 18.2 Å². The maximum Gasteiger partial charge on any atom is 0.254 e. The molecule has 0 fully saturated rings. The van der Waals surface area contributed by atoms with E-state index in [1.54, 1.807) is 11.0 Å². The largest absolute Gasteiger partial charge is 0.335 e. The molecule has 0 unspecified atom stereocenters. The highest BCUT2D eigenvalue weighted by Gasteiger charge is 2.12. The van der Waals surface area contributed by atoms with Gasteiger partial charge in [-0.25, -0.2) is 0 Å². The maximum atomic E-state index is 12.1. The summed E-state index contributed by atoms with van der Waals surface area (Å²) in [6.45, 7) is 6.84. The third-order valence-corrected chi connectivity index (χ3v) is 2.66. The van der Waals surface area contributed by atoms with Crippen molar-refractivity contribution in [3.8, 4) is 0 Å². The van der Waals surface area contributed by atoms with Gasteiger partial charge < -0.3 is 4.90 Å². The zero-order valence-corrected chi connectivity index (χ0v) is 10.2. The van der Waals surface area contributed by atoms with Crippen LogP contribution in [0.25, 0.3) is 0 Å². The second-order valence-electron chi connectivity index (χ2n) is 3.47. The minimum atomic E-state index is 0.0226. The number of hydrogen-bond acceptors (Lipinski definition) is 1. The molecule has 1 aromatic carbocycles. The van der Waals surface area contributed by atoms with E-state index in [1.165, 1.54) is 0 Å². The summed E-state index contributed by atoms with van der Waals surface area (Å²) in [5.41, 5.74) is 1.64. The van der Waals surface area contributed by atoms with E-state index in [9.17, 15) is 4.79 Å². The van der Waals surface area contributed by atoms with Crippen LogP contribution in [0.1, 0.15) is 22.8 Å². The highest BCUT2D eigenvalue weighted by atomic mass is 35.5. The Morgan fingerprint density at radius 1 is 1.56 bits per heavy atom. The van der Waals surface area contributed by atoms with Crippen molar-refractivity contribution in [3.05, 3.63) is 48.0 Å². The molecule has 0 bridgehead atoms. The van der Waals surface area contributed by atoms with E-state index < -0.39 is 0 Å². The van der Waals surface area contributed by atoms with Crippen LogP contribution in [0.15, 0.2) is 36.9 Å². The summed E-state index contributed by atoms with van der Waals surface area (Å²) in [5.74, 6) is 0.448. The van der Waals surface area contributed by atoms with Crippen LogP contribution in [0.5, 0.6) is 0 Å². The van der Waals surface area contributed by atoms with Gasteiger partial charge in [-0.3, -0.25) is 4.79 Å². The number of amides is 1. The lowest BCUT2D eigenvalue weighted by atomic mass is 10.1. The quantitative estimate of drug-likeness (QED) is 0.569. The molecule has 0 heterocycles. The molecule has 0 spiro atoms. The van der Waals surface area contributed by atoms with E-state index in [2.05, 4.69) is 6.58 Å². The van der Waals surface area contributed by atoms with Gasteiger partial charge in [0.05, 0.1) is 0 Å². The van der Waals surface area contributed by atoms with Gasteiger partial charge in [-0.05, 0) is 24.6 Å². The average Bonchev–Trinajstić information content (AvgIpc) is 2.35. The number of carbonyl (C=O) groups is 1. The van der Waals surface area contributed by atoms with Gasteiger partial charge >= 0.3 is 0 Å². The van der Waals surface area contributed by atoms with Gasteiger partial charge in [0.15, 0.2) is 0 Å². The van der Waals surface area contributed by atoms with Crippen LogP contribution in [0.4, 0.5) is 0 Å². The standard InChI is InChI=1S/C13H16ClNO/c1-3-8-15(4-2)13(16)12-7-5-6-11(9-12)10-14/h3,5-7,9H,1,4,8,10H2,2H3. The smallest absolute Gasteiger partial charge is 0.254 e. The number of nitrogens with zero attached hydrogens (tertiary/aromatic N) is 1. The first-order valence-electron chi connectivity index (χ1n) is 5.28. The van der Waals surface area contributed by atoms with Crippen LogP contribution in [0.3, 0.4) is 0 Å². The molecule has 2 nitrogen and oxygen atoms in total. The first-order chi connectivity index (χ1) is 7.72. The van der Waals surface area contributed by atoms with E-state index in [0.29, 0.717) is 24.5 Å². The van der Waals surface area contributed by atoms with Gasteiger partial charge in [0, 0.05) is 24.5 Å². The highest BCUT2D eigenvalue weighted by molar-refractivity contribution is 6.17. The lowest BCUT2D eigenvalue weighted by Gasteiger charge is -2.19. The van der Waals surface area contributed by atoms with Crippen LogP contribution in [0, 0.1) is 0 Å². The molecule has 0 aromatic heterocycles. The molecule has 1 aromatic rings. The molecule has 0 aliphatic rings. The molecule has 86 valence electrons. The van der Waals surface area contributed by atoms with E-state index in [1.807, 2.05) is 31.2 Å². The minimum absolute atomic E-state index is 0.0226. The van der Waals surface area contributed by atoms with Gasteiger partial charge in [-0.2, -0.15) is 0 Å². The fraction of sp³-hybridized carbons (Fsp3) is 0.308. The van der Waals surface area contributed by atoms with Crippen molar-refractivity contribution in [1.29, 1.82) is 0 Å². The van der Waals surface area contributed by atoms with Gasteiger partial charge in [-0.1, -0.05) is 18.2 Å². The van der Waals surface area contributed by atoms with Gasteiger partial charge in [0.25, 0.3) is 5.91 Å². The Balaban J connectivity index is 2.89. The Morgan fingerprint density at radius 2 is 2.31 bits per heavy atom. The first-order valence-corrected chi connectivity index (χ1v) is 5.81. The number of carbonyl (C=O) groups excluding carboxylic acids is 1. The predicted molar refractivity (Wildman–Crippen MR) is 67.8 cm³/mol. The molecule has 0 saturated heterocycles. The average molecular weight is 238 g/mol. The summed E-state index contributed by atoms with van der Waals surface area (Å²) in [6, 6.07) is 7.41. The number of benzene rings is 1. The van der Waals surface area contributed by atoms with Crippen molar-refractivity contribution < 1.29 is 4.79 Å². The molecule has 0 saturated carbocycles. The predicted octanol–water partition coefficient (Wildman–Crippen LogP) is 3.07. The molecular weight excluding hydrogens is 222 g/mol. The topological polar surface area (TPSA) is 20.3 Å². The number of rotatable bonds is 5. The summed E-state index contributed by atoms with van der Waals surface area (Å²) < 4.78 is 0. The second kappa shape index (κ2) is 6.33. The normalized spacial score (nSPS) is 9.88. The summed E-state index contributed by atoms with van der Waals surface area (Å²) >= 11 is 5.74. The number of likely N-dealkylation sites (N-methyl/N-ethyl adjacent to an activating group) is 1. The summed E-state index contributed by atoms with van der Waals surface area (Å²) in [4.78, 5) is 13.8. The number of halogens is 1. The molecular formula is C13H16ClNO. The molecule has 0 atom stereocenters. The molecule has 3 heteroatoms. The Bertz CT molecular complexity index is 376. The van der Waals surface area contributed by atoms with Crippen molar-refractivity contribution in [1.82, 2.24) is 4.90 Å². The minimum Gasteiger partial charge on any atom is -0.335 e. The highest BCUT2D eigenvalue weighted by Crippen LogP contribution is 2.10. The van der Waals surface area contributed by atoms with Crippen LogP contribution >= 0.6 is 11.6 Å². The van der Waals surface area contributed by atoms with E-state index >= 15 is 0 Å². The summed E-state index contributed by atoms with van der Waals surface area (Å²) in [6.07, 6.45) is 1.73. The fourth-order valence-electron chi connectivity index (χ4n) is 1.48. The van der Waals surface area contributed by atoms with Crippen molar-refractivity contribution in [2.24, 2.45) is 0 Å². The van der Waals surface area contributed by atoms with Crippen LogP contribution < -0.4 is 0 Å². The van der Waals surface area contributed by atoms with Crippen molar-refractivity contribution in [2.75, 3.05) is 13.1 Å². The lowest BCUT2D eigenvalue weighted by Crippen LogP contribution is -2.30. The first kappa shape index (κ1) is 12.8. The fourth-order valence-corrected chi connectivity index (χ4v) is 1.65. The number of hydrogen-bond donors (Lipinski definition) is 0. The Labute approximate surface area is 102 Å². The SMILES string of the molecule is C=CCN(CC)C(=O)c1cccc(CCl)c1. The third kappa shape index (κ3) is 3.11. The summed E-state index contributed by atoms with van der Waals surface area (Å²) in [5, 5.41) is 0. The number of alkyl halides is 1. The van der Waals surface area contributed by atoms with Gasteiger partial charge in [0.2, 0.25) is 0 Å². The van der Waals surface area contributed by atoms with E-state index in [0.717, 1.165) is 5.56 Å². The third-order valence-electron chi connectivity index (χ3n) is 2.35. The molecule has 0 aliphatic carbocycles. The Morgan fingerprint density at radius 3 is 2.88 bits per heavy atom. The van der Waals surface area contributed by atoms with E-state index in [-0.39, 0.29) is 5.91 Å². The van der Waals surface area contributed by atoms with Crippen LogP contribution in [0.2, 0.25) is 0 Å². The molecule has 1 rings (SSSR count). The maximum absolute atomic E-state index is 12.1. The van der Waals surface area contributed by atoms with E-state index in [4.69, 9.17) is 11.6 Å². The zero-order valence-electron chi connectivity index (χ0n) is 9.45. The zero-order chi connectivity index (χ0) is 12.0. The molecule has 0 radical (unpaired) electrons. The van der Waals surface area contributed by atoms with Crippen LogP contribution in [-0.4, -0.2) is 23.9 Å². The second-order valence-corrected chi connectivity index (χ2v) is 3.73. The van der Waals surface area contributed by atoms with Gasteiger partial charge in [0.1, 0.15) is 0 Å². The van der Waals surface area contributed by atoms with Crippen LogP contribution in [-0.2, 0) is 5.88 Å². The monoisotopic (exact) mass is 237 g/mol. The molecule has 1 amide bonds. The van der Waals surface area contributed by atoms with Crippen molar-refractivity contribution >= 4 is 17.5 Å².